The van der Waals surface area contributed by atoms with Gasteiger partial charge in [-0.3, -0.25) is 4.79 Å². The molecule has 0 aliphatic carbocycles. The molecule has 0 aliphatic rings. The van der Waals surface area contributed by atoms with Gasteiger partial charge in [0.05, 0.1) is 11.0 Å². The molecule has 0 saturated carbocycles. The SMILES string of the molecule is O=Cc1ccc(-c2ccc(C=Cc3nc4ccccc4[nH]3)cc2)o1. The van der Waals surface area contributed by atoms with Crippen molar-refractivity contribution in [1.82, 2.24) is 9.97 Å². The number of aromatic nitrogens is 2. The zero-order valence-electron chi connectivity index (χ0n) is 12.8. The van der Waals surface area contributed by atoms with Gasteiger partial charge in [0.15, 0.2) is 12.0 Å². The minimum atomic E-state index is 0.332. The van der Waals surface area contributed by atoms with Crippen molar-refractivity contribution in [3.63, 3.8) is 0 Å². The Kier molecular flexibility index (Phi) is 3.56. The van der Waals surface area contributed by atoms with Gasteiger partial charge in [-0.25, -0.2) is 4.98 Å². The minimum absolute atomic E-state index is 0.332. The first-order valence-corrected chi connectivity index (χ1v) is 7.60. The van der Waals surface area contributed by atoms with Crippen molar-refractivity contribution in [2.75, 3.05) is 0 Å². The van der Waals surface area contributed by atoms with Crippen molar-refractivity contribution < 1.29 is 9.21 Å². The number of para-hydroxylation sites is 2. The first-order chi connectivity index (χ1) is 11.8. The highest BCUT2D eigenvalue weighted by Gasteiger charge is 2.03. The molecule has 24 heavy (non-hydrogen) atoms. The normalized spacial score (nSPS) is 11.3. The number of H-pyrrole nitrogens is 1. The average molecular weight is 314 g/mol. The van der Waals surface area contributed by atoms with Crippen LogP contribution in [0.25, 0.3) is 34.5 Å². The Labute approximate surface area is 138 Å². The van der Waals surface area contributed by atoms with E-state index in [9.17, 15) is 4.79 Å². The van der Waals surface area contributed by atoms with Crippen LogP contribution in [0.5, 0.6) is 0 Å². The number of hydrogen-bond acceptors (Lipinski definition) is 3. The summed E-state index contributed by atoms with van der Waals surface area (Å²) in [6, 6.07) is 19.3. The van der Waals surface area contributed by atoms with Crippen LogP contribution in [0, 0.1) is 0 Å². The van der Waals surface area contributed by atoms with Crippen LogP contribution in [0.3, 0.4) is 0 Å². The third-order valence-electron chi connectivity index (χ3n) is 3.78. The Morgan fingerprint density at radius 1 is 0.917 bits per heavy atom. The number of carbonyl (C=O) groups excluding carboxylic acids is 1. The van der Waals surface area contributed by atoms with Crippen molar-refractivity contribution in [3.05, 3.63) is 77.8 Å². The lowest BCUT2D eigenvalue weighted by atomic mass is 10.1. The lowest BCUT2D eigenvalue weighted by Gasteiger charge is -1.98. The van der Waals surface area contributed by atoms with Crippen molar-refractivity contribution in [3.8, 4) is 11.3 Å². The maximum atomic E-state index is 10.7. The van der Waals surface area contributed by atoms with Gasteiger partial charge in [-0.05, 0) is 35.9 Å². The van der Waals surface area contributed by atoms with Crippen molar-refractivity contribution in [2.45, 2.75) is 0 Å². The van der Waals surface area contributed by atoms with Gasteiger partial charge in [0.25, 0.3) is 0 Å². The van der Waals surface area contributed by atoms with E-state index in [0.717, 1.165) is 28.0 Å². The molecular formula is C20H14N2O2. The Morgan fingerprint density at radius 2 is 1.75 bits per heavy atom. The van der Waals surface area contributed by atoms with Gasteiger partial charge < -0.3 is 9.40 Å². The molecule has 1 N–H and O–H groups in total. The van der Waals surface area contributed by atoms with Crippen LogP contribution in [0.15, 0.2) is 65.1 Å². The summed E-state index contributed by atoms with van der Waals surface area (Å²) in [5.41, 5.74) is 3.97. The molecule has 0 aliphatic heterocycles. The fraction of sp³-hybridized carbons (Fsp3) is 0. The summed E-state index contributed by atoms with van der Waals surface area (Å²) in [6.07, 6.45) is 4.65. The Balaban J connectivity index is 1.55. The molecule has 2 aromatic heterocycles. The van der Waals surface area contributed by atoms with Crippen LogP contribution in [0.4, 0.5) is 0 Å². The highest BCUT2D eigenvalue weighted by molar-refractivity contribution is 5.79. The lowest BCUT2D eigenvalue weighted by Crippen LogP contribution is -1.77. The van der Waals surface area contributed by atoms with Crippen LogP contribution in [-0.2, 0) is 0 Å². The van der Waals surface area contributed by atoms with Gasteiger partial charge in [0.1, 0.15) is 11.6 Å². The zero-order valence-corrected chi connectivity index (χ0v) is 12.8. The van der Waals surface area contributed by atoms with Crippen molar-refractivity contribution >= 4 is 29.5 Å². The van der Waals surface area contributed by atoms with E-state index in [-0.39, 0.29) is 0 Å². The number of carbonyl (C=O) groups is 1. The number of benzene rings is 2. The Hall–Kier alpha value is -3.40. The summed E-state index contributed by atoms with van der Waals surface area (Å²) in [4.78, 5) is 18.5. The second kappa shape index (κ2) is 6.01. The second-order valence-corrected chi connectivity index (χ2v) is 5.41. The van der Waals surface area contributed by atoms with E-state index in [1.165, 1.54) is 0 Å². The van der Waals surface area contributed by atoms with Gasteiger partial charge in [0.2, 0.25) is 0 Å². The quantitative estimate of drug-likeness (QED) is 0.550. The second-order valence-electron chi connectivity index (χ2n) is 5.41. The smallest absolute Gasteiger partial charge is 0.185 e. The van der Waals surface area contributed by atoms with E-state index < -0.39 is 0 Å². The number of furan rings is 1. The summed E-state index contributed by atoms with van der Waals surface area (Å²) in [6.45, 7) is 0. The molecule has 0 fully saturated rings. The molecule has 4 aromatic rings. The molecule has 0 radical (unpaired) electrons. The highest BCUT2D eigenvalue weighted by Crippen LogP contribution is 2.22. The Bertz CT molecular complexity index is 990. The molecule has 0 atom stereocenters. The zero-order chi connectivity index (χ0) is 16.4. The van der Waals surface area contributed by atoms with E-state index in [1.807, 2.05) is 60.7 Å². The van der Waals surface area contributed by atoms with Gasteiger partial charge in [-0.2, -0.15) is 0 Å². The molecule has 0 bridgehead atoms. The first kappa shape index (κ1) is 14.2. The molecule has 0 spiro atoms. The minimum Gasteiger partial charge on any atom is -0.453 e. The van der Waals surface area contributed by atoms with Gasteiger partial charge >= 0.3 is 0 Å². The maximum absolute atomic E-state index is 10.7. The molecular weight excluding hydrogens is 300 g/mol. The largest absolute Gasteiger partial charge is 0.453 e. The van der Waals surface area contributed by atoms with Crippen LogP contribution in [-0.4, -0.2) is 16.3 Å². The molecule has 4 rings (SSSR count). The number of aromatic amines is 1. The summed E-state index contributed by atoms with van der Waals surface area (Å²) < 4.78 is 5.42. The number of aldehydes is 1. The lowest BCUT2D eigenvalue weighted by molar-refractivity contribution is 0.110. The van der Waals surface area contributed by atoms with E-state index >= 15 is 0 Å². The van der Waals surface area contributed by atoms with E-state index in [2.05, 4.69) is 9.97 Å². The summed E-state index contributed by atoms with van der Waals surface area (Å²) in [7, 11) is 0. The van der Waals surface area contributed by atoms with Crippen LogP contribution >= 0.6 is 0 Å². The van der Waals surface area contributed by atoms with E-state index in [0.29, 0.717) is 17.8 Å². The number of fused-ring (bicyclic) bond motifs is 1. The van der Waals surface area contributed by atoms with Gasteiger partial charge in [-0.15, -0.1) is 0 Å². The molecule has 0 saturated heterocycles. The van der Waals surface area contributed by atoms with Crippen LogP contribution in [0.1, 0.15) is 21.9 Å². The summed E-state index contributed by atoms with van der Waals surface area (Å²) >= 11 is 0. The third kappa shape index (κ3) is 2.77. The summed E-state index contributed by atoms with van der Waals surface area (Å²) in [5, 5.41) is 0. The topological polar surface area (TPSA) is 58.9 Å². The Morgan fingerprint density at radius 3 is 2.50 bits per heavy atom. The van der Waals surface area contributed by atoms with E-state index in [4.69, 9.17) is 4.42 Å². The number of hydrogen-bond donors (Lipinski definition) is 1. The maximum Gasteiger partial charge on any atom is 0.185 e. The number of rotatable bonds is 4. The standard InChI is InChI=1S/C20H14N2O2/c23-13-16-10-11-19(24-16)15-8-5-14(6-9-15)7-12-20-21-17-3-1-2-4-18(17)22-20/h1-13H,(H,21,22). The molecule has 2 aromatic carbocycles. The number of nitrogens with one attached hydrogen (secondary N) is 1. The molecule has 2 heterocycles. The van der Waals surface area contributed by atoms with E-state index in [1.54, 1.807) is 12.1 Å². The molecule has 116 valence electrons. The third-order valence-corrected chi connectivity index (χ3v) is 3.78. The van der Waals surface area contributed by atoms with Gasteiger partial charge in [0, 0.05) is 5.56 Å². The molecule has 4 heteroatoms. The fourth-order valence-corrected chi connectivity index (χ4v) is 2.56. The molecule has 0 amide bonds. The van der Waals surface area contributed by atoms with Crippen LogP contribution in [0.2, 0.25) is 0 Å². The van der Waals surface area contributed by atoms with Crippen molar-refractivity contribution in [1.29, 1.82) is 0 Å². The average Bonchev–Trinajstić information content (AvgIpc) is 3.26. The molecule has 4 nitrogen and oxygen atoms in total. The summed E-state index contributed by atoms with van der Waals surface area (Å²) in [5.74, 6) is 1.84. The fourth-order valence-electron chi connectivity index (χ4n) is 2.56. The van der Waals surface area contributed by atoms with Crippen LogP contribution < -0.4 is 0 Å². The van der Waals surface area contributed by atoms with Crippen molar-refractivity contribution in [2.24, 2.45) is 0 Å². The first-order valence-electron chi connectivity index (χ1n) is 7.60. The number of imidazole rings is 1. The predicted octanol–water partition coefficient (Wildman–Crippen LogP) is 4.81. The monoisotopic (exact) mass is 314 g/mol. The molecule has 0 unspecified atom stereocenters. The predicted molar refractivity (Wildman–Crippen MR) is 94.6 cm³/mol. The van der Waals surface area contributed by atoms with Gasteiger partial charge in [-0.1, -0.05) is 42.5 Å². The highest BCUT2D eigenvalue weighted by atomic mass is 16.3. The number of nitrogens with zero attached hydrogens (tertiary/aromatic N) is 1.